The fourth-order valence-electron chi connectivity index (χ4n) is 3.46. The van der Waals surface area contributed by atoms with Gasteiger partial charge < -0.3 is 20.1 Å². The quantitative estimate of drug-likeness (QED) is 0.499. The summed E-state index contributed by atoms with van der Waals surface area (Å²) >= 11 is 0. The summed E-state index contributed by atoms with van der Waals surface area (Å²) in [5, 5.41) is 10.4. The van der Waals surface area contributed by atoms with E-state index in [2.05, 4.69) is 32.5 Å². The van der Waals surface area contributed by atoms with E-state index in [0.29, 0.717) is 6.54 Å². The molecule has 1 saturated heterocycles. The molecule has 3 rings (SSSR count). The minimum Gasteiger partial charge on any atom is -0.364 e. The van der Waals surface area contributed by atoms with Gasteiger partial charge in [-0.3, -0.25) is 9.69 Å². The third-order valence-electron chi connectivity index (χ3n) is 5.55. The summed E-state index contributed by atoms with van der Waals surface area (Å²) in [6, 6.07) is 9.85. The molecule has 1 fully saturated rings. The standard InChI is InChI=1S/C23H34N6O2/c1-4-18(3)22(30)26-20-8-6-7-19(15-20)16-25-23(24-5-2)29-12-10-28(11-13-29)17-21-9-14-31-27-21/h6-9,14-15,18H,4-5,10-13,16-17H2,1-3H3,(H,24,25)(H,26,30). The zero-order valence-electron chi connectivity index (χ0n) is 18.8. The summed E-state index contributed by atoms with van der Waals surface area (Å²) in [5.74, 6) is 0.989. The Morgan fingerprint density at radius 1 is 1.23 bits per heavy atom. The van der Waals surface area contributed by atoms with E-state index in [1.807, 2.05) is 44.2 Å². The van der Waals surface area contributed by atoms with E-state index in [4.69, 9.17) is 9.52 Å². The van der Waals surface area contributed by atoms with Crippen molar-refractivity contribution in [3.05, 3.63) is 47.9 Å². The van der Waals surface area contributed by atoms with Gasteiger partial charge in [-0.25, -0.2) is 4.99 Å². The minimum absolute atomic E-state index is 0.00462. The maximum absolute atomic E-state index is 12.2. The number of hydrogen-bond donors (Lipinski definition) is 2. The molecule has 168 valence electrons. The van der Waals surface area contributed by atoms with Crippen molar-refractivity contribution in [3.63, 3.8) is 0 Å². The van der Waals surface area contributed by atoms with Crippen LogP contribution in [-0.2, 0) is 17.9 Å². The Morgan fingerprint density at radius 2 is 2.03 bits per heavy atom. The summed E-state index contributed by atoms with van der Waals surface area (Å²) in [6.07, 6.45) is 2.44. The second-order valence-electron chi connectivity index (χ2n) is 7.92. The summed E-state index contributed by atoms with van der Waals surface area (Å²) in [4.78, 5) is 21.7. The zero-order chi connectivity index (χ0) is 22.1. The number of anilines is 1. The van der Waals surface area contributed by atoms with Crippen LogP contribution in [0.1, 0.15) is 38.4 Å². The molecule has 1 aliphatic rings. The third-order valence-corrected chi connectivity index (χ3v) is 5.55. The topological polar surface area (TPSA) is 86.0 Å². The van der Waals surface area contributed by atoms with Gasteiger partial charge in [0.1, 0.15) is 6.26 Å². The molecule has 31 heavy (non-hydrogen) atoms. The van der Waals surface area contributed by atoms with Crippen LogP contribution < -0.4 is 10.6 Å². The molecule has 0 saturated carbocycles. The van der Waals surface area contributed by atoms with E-state index in [-0.39, 0.29) is 11.8 Å². The molecule has 0 spiro atoms. The molecule has 0 radical (unpaired) electrons. The predicted molar refractivity (Wildman–Crippen MR) is 123 cm³/mol. The average Bonchev–Trinajstić information content (AvgIpc) is 3.30. The molecule has 1 aromatic carbocycles. The molecule has 1 unspecified atom stereocenters. The van der Waals surface area contributed by atoms with E-state index in [1.165, 1.54) is 0 Å². The molecule has 0 bridgehead atoms. The fourth-order valence-corrected chi connectivity index (χ4v) is 3.46. The van der Waals surface area contributed by atoms with Crippen LogP contribution in [0.15, 0.2) is 46.1 Å². The average molecular weight is 427 g/mol. The molecule has 8 heteroatoms. The first kappa shape index (κ1) is 22.8. The van der Waals surface area contributed by atoms with Crippen molar-refractivity contribution >= 4 is 17.6 Å². The number of piperazine rings is 1. The van der Waals surface area contributed by atoms with Crippen LogP contribution >= 0.6 is 0 Å². The van der Waals surface area contributed by atoms with Crippen LogP contribution in [-0.4, -0.2) is 59.5 Å². The van der Waals surface area contributed by atoms with Gasteiger partial charge in [0.25, 0.3) is 0 Å². The van der Waals surface area contributed by atoms with Crippen LogP contribution in [0.3, 0.4) is 0 Å². The van der Waals surface area contributed by atoms with Crippen LogP contribution in [0.25, 0.3) is 0 Å². The number of nitrogens with zero attached hydrogens (tertiary/aromatic N) is 4. The highest BCUT2D eigenvalue weighted by Crippen LogP contribution is 2.14. The summed E-state index contributed by atoms with van der Waals surface area (Å²) in [6.45, 7) is 12.0. The van der Waals surface area contributed by atoms with Gasteiger partial charge >= 0.3 is 0 Å². The molecular formula is C23H34N6O2. The maximum atomic E-state index is 12.2. The smallest absolute Gasteiger partial charge is 0.227 e. The second kappa shape index (κ2) is 11.5. The first-order chi connectivity index (χ1) is 15.1. The number of benzene rings is 1. The summed E-state index contributed by atoms with van der Waals surface area (Å²) in [7, 11) is 0. The van der Waals surface area contributed by atoms with Crippen molar-refractivity contribution in [1.29, 1.82) is 0 Å². The Hall–Kier alpha value is -2.87. The zero-order valence-corrected chi connectivity index (χ0v) is 18.8. The fraction of sp³-hybridized carbons (Fsp3) is 0.522. The number of guanidine groups is 1. The van der Waals surface area contributed by atoms with Gasteiger partial charge in [0.15, 0.2) is 5.96 Å². The number of nitrogens with one attached hydrogen (secondary N) is 2. The van der Waals surface area contributed by atoms with Gasteiger partial charge in [0, 0.05) is 56.9 Å². The molecule has 0 aliphatic carbocycles. The molecule has 2 aromatic rings. The molecule has 1 aliphatic heterocycles. The van der Waals surface area contributed by atoms with E-state index < -0.39 is 0 Å². The van der Waals surface area contributed by atoms with Crippen LogP contribution in [0.2, 0.25) is 0 Å². The Labute approximate surface area is 184 Å². The minimum atomic E-state index is 0.00462. The third kappa shape index (κ3) is 6.82. The van der Waals surface area contributed by atoms with Gasteiger partial charge in [-0.05, 0) is 31.0 Å². The number of aliphatic imine (C=N–C) groups is 1. The van der Waals surface area contributed by atoms with Gasteiger partial charge in [-0.15, -0.1) is 0 Å². The molecule has 1 amide bonds. The second-order valence-corrected chi connectivity index (χ2v) is 7.92. The number of amides is 1. The van der Waals surface area contributed by atoms with Gasteiger partial charge in [-0.1, -0.05) is 31.1 Å². The molecule has 2 N–H and O–H groups in total. The lowest BCUT2D eigenvalue weighted by Gasteiger charge is -2.36. The number of aromatic nitrogens is 1. The summed E-state index contributed by atoms with van der Waals surface area (Å²) < 4.78 is 4.93. The van der Waals surface area contributed by atoms with E-state index in [0.717, 1.165) is 68.6 Å². The van der Waals surface area contributed by atoms with Crippen molar-refractivity contribution in [2.45, 2.75) is 40.3 Å². The number of rotatable bonds is 8. The lowest BCUT2D eigenvalue weighted by molar-refractivity contribution is -0.119. The monoisotopic (exact) mass is 426 g/mol. The molecule has 2 heterocycles. The van der Waals surface area contributed by atoms with Crippen LogP contribution in [0, 0.1) is 5.92 Å². The molecule has 1 atom stereocenters. The van der Waals surface area contributed by atoms with Gasteiger partial charge in [-0.2, -0.15) is 0 Å². The maximum Gasteiger partial charge on any atom is 0.227 e. The number of hydrogen-bond acceptors (Lipinski definition) is 5. The van der Waals surface area contributed by atoms with Gasteiger partial charge in [0.2, 0.25) is 5.91 Å². The Bertz CT molecular complexity index is 844. The summed E-state index contributed by atoms with van der Waals surface area (Å²) in [5.41, 5.74) is 2.86. The number of carbonyl (C=O) groups is 1. The van der Waals surface area contributed by atoms with Crippen molar-refractivity contribution in [1.82, 2.24) is 20.3 Å². The Morgan fingerprint density at radius 3 is 2.71 bits per heavy atom. The van der Waals surface area contributed by atoms with Crippen molar-refractivity contribution in [2.75, 3.05) is 38.0 Å². The van der Waals surface area contributed by atoms with E-state index >= 15 is 0 Å². The predicted octanol–water partition coefficient (Wildman–Crippen LogP) is 2.94. The van der Waals surface area contributed by atoms with Gasteiger partial charge in [0.05, 0.1) is 12.2 Å². The van der Waals surface area contributed by atoms with E-state index in [9.17, 15) is 4.79 Å². The Balaban J connectivity index is 1.57. The highest BCUT2D eigenvalue weighted by atomic mass is 16.5. The van der Waals surface area contributed by atoms with Crippen molar-refractivity contribution in [3.8, 4) is 0 Å². The highest BCUT2D eigenvalue weighted by Gasteiger charge is 2.20. The van der Waals surface area contributed by atoms with E-state index in [1.54, 1.807) is 6.26 Å². The lowest BCUT2D eigenvalue weighted by Crippen LogP contribution is -2.52. The molecule has 8 nitrogen and oxygen atoms in total. The normalized spacial score (nSPS) is 16.2. The first-order valence-electron chi connectivity index (χ1n) is 11.1. The van der Waals surface area contributed by atoms with Crippen LogP contribution in [0.4, 0.5) is 5.69 Å². The largest absolute Gasteiger partial charge is 0.364 e. The SMILES string of the molecule is CCNC(=NCc1cccc(NC(=O)C(C)CC)c1)N1CCN(Cc2ccon2)CC1. The highest BCUT2D eigenvalue weighted by molar-refractivity contribution is 5.92. The lowest BCUT2D eigenvalue weighted by atomic mass is 10.1. The van der Waals surface area contributed by atoms with Crippen LogP contribution in [0.5, 0.6) is 0 Å². The van der Waals surface area contributed by atoms with Crippen molar-refractivity contribution < 1.29 is 9.32 Å². The molecular weight excluding hydrogens is 392 g/mol. The first-order valence-corrected chi connectivity index (χ1v) is 11.1. The molecule has 1 aromatic heterocycles. The Kier molecular flexibility index (Phi) is 8.46. The van der Waals surface area contributed by atoms with Crippen molar-refractivity contribution in [2.24, 2.45) is 10.9 Å². The number of carbonyl (C=O) groups excluding carboxylic acids is 1.